The molecule has 0 bridgehead atoms. The maximum Gasteiger partial charge on any atom is 0.421 e. The first-order valence-electron chi connectivity index (χ1n) is 9.74. The fourth-order valence-electron chi connectivity index (χ4n) is 3.12. The van der Waals surface area contributed by atoms with Crippen LogP contribution in [0.4, 0.5) is 29.3 Å². The molecule has 1 fully saturated rings. The lowest BCUT2D eigenvalue weighted by molar-refractivity contribution is -0.258. The van der Waals surface area contributed by atoms with Gasteiger partial charge in [-0.15, -0.1) is 0 Å². The molecule has 1 heterocycles. The number of anilines is 2. The first-order chi connectivity index (χ1) is 15.0. The first kappa shape index (κ1) is 24.4. The second kappa shape index (κ2) is 9.74. The number of nitrogens with one attached hydrogen (secondary N) is 2. The van der Waals surface area contributed by atoms with E-state index in [2.05, 4.69) is 15.5 Å². The summed E-state index contributed by atoms with van der Waals surface area (Å²) in [5, 5.41) is 14.4. The lowest BCUT2D eigenvalue weighted by Crippen LogP contribution is -2.39. The molecule has 2 aromatic carbocycles. The molecule has 1 aliphatic heterocycles. The van der Waals surface area contributed by atoms with Crippen LogP contribution in [0, 0.1) is 0 Å². The molecule has 3 rings (SSSR count). The van der Waals surface area contributed by atoms with E-state index in [-0.39, 0.29) is 22.3 Å². The summed E-state index contributed by atoms with van der Waals surface area (Å²) in [5.41, 5.74) is -1.82. The van der Waals surface area contributed by atoms with Crippen LogP contribution >= 0.6 is 23.2 Å². The van der Waals surface area contributed by atoms with Gasteiger partial charge in [0.1, 0.15) is 0 Å². The van der Waals surface area contributed by atoms with E-state index in [1.165, 1.54) is 0 Å². The molecule has 1 atom stereocenters. The van der Waals surface area contributed by atoms with Gasteiger partial charge in [-0.25, -0.2) is 4.79 Å². The molecule has 2 aromatic rings. The highest BCUT2D eigenvalue weighted by Gasteiger charge is 2.51. The van der Waals surface area contributed by atoms with Crippen molar-refractivity contribution in [3.8, 4) is 0 Å². The van der Waals surface area contributed by atoms with E-state index in [1.807, 2.05) is 24.3 Å². The van der Waals surface area contributed by atoms with Crippen LogP contribution in [-0.2, 0) is 16.9 Å². The Morgan fingerprint density at radius 3 is 2.22 bits per heavy atom. The van der Waals surface area contributed by atoms with Crippen LogP contribution in [0.25, 0.3) is 0 Å². The monoisotopic (exact) mass is 491 g/mol. The minimum Gasteiger partial charge on any atom is -0.378 e. The first-order valence-corrected chi connectivity index (χ1v) is 10.5. The second-order valence-electron chi connectivity index (χ2n) is 7.46. The van der Waals surface area contributed by atoms with Gasteiger partial charge in [-0.3, -0.25) is 0 Å². The number of rotatable bonds is 5. The summed E-state index contributed by atoms with van der Waals surface area (Å²) in [4.78, 5) is 14.5. The number of nitrogens with zero attached hydrogens (tertiary/aromatic N) is 1. The minimum absolute atomic E-state index is 0.0600. The summed E-state index contributed by atoms with van der Waals surface area (Å²) >= 11 is 12.0. The van der Waals surface area contributed by atoms with Gasteiger partial charge in [-0.1, -0.05) is 35.3 Å². The SMILES string of the molecule is C[C@@](O)(c1cc(Cl)c(NC(=O)NCc2ccc(N3CCOCC3)cc2)c(Cl)c1)C(F)(F)F. The van der Waals surface area contributed by atoms with Crippen molar-refractivity contribution >= 4 is 40.6 Å². The molecule has 11 heteroatoms. The van der Waals surface area contributed by atoms with Crippen LogP contribution in [0.2, 0.25) is 10.0 Å². The standard InChI is InChI=1S/C21H22Cl2F3N3O3/c1-20(31,21(24,25)26)14-10-16(22)18(17(23)11-14)28-19(30)27-12-13-2-4-15(5-3-13)29-6-8-32-9-7-29/h2-5,10-11,31H,6-9,12H2,1H3,(H2,27,28,30)/t20-/m1/s1. The third-order valence-electron chi connectivity index (χ3n) is 5.16. The minimum atomic E-state index is -4.93. The summed E-state index contributed by atoms with van der Waals surface area (Å²) in [7, 11) is 0. The molecule has 3 N–H and O–H groups in total. The Kier molecular flexibility index (Phi) is 7.44. The number of carbonyl (C=O) groups is 1. The molecule has 1 aliphatic rings. The van der Waals surface area contributed by atoms with Crippen molar-refractivity contribution < 1.29 is 27.8 Å². The summed E-state index contributed by atoms with van der Waals surface area (Å²) in [6.07, 6.45) is -4.93. The van der Waals surface area contributed by atoms with Crippen LogP contribution in [0.3, 0.4) is 0 Å². The Hall–Kier alpha value is -2.20. The highest BCUT2D eigenvalue weighted by molar-refractivity contribution is 6.39. The van der Waals surface area contributed by atoms with Crippen LogP contribution in [0.15, 0.2) is 36.4 Å². The molecule has 174 valence electrons. The number of carbonyl (C=O) groups excluding carboxylic acids is 1. The predicted octanol–water partition coefficient (Wildman–Crippen LogP) is 4.92. The predicted molar refractivity (Wildman–Crippen MR) is 117 cm³/mol. The Morgan fingerprint density at radius 2 is 1.69 bits per heavy atom. The Morgan fingerprint density at radius 1 is 1.12 bits per heavy atom. The van der Waals surface area contributed by atoms with Crippen LogP contribution < -0.4 is 15.5 Å². The molecule has 2 amide bonds. The van der Waals surface area contributed by atoms with Crippen LogP contribution in [0.5, 0.6) is 0 Å². The van der Waals surface area contributed by atoms with Crippen molar-refractivity contribution in [2.75, 3.05) is 36.5 Å². The van der Waals surface area contributed by atoms with Gasteiger partial charge in [0, 0.05) is 25.3 Å². The summed E-state index contributed by atoms with van der Waals surface area (Å²) < 4.78 is 44.5. The van der Waals surface area contributed by atoms with Gasteiger partial charge in [-0.2, -0.15) is 13.2 Å². The summed E-state index contributed by atoms with van der Waals surface area (Å²) in [6, 6.07) is 8.89. The molecular weight excluding hydrogens is 470 g/mol. The highest BCUT2D eigenvalue weighted by Crippen LogP contribution is 2.42. The van der Waals surface area contributed by atoms with Gasteiger partial charge in [-0.05, 0) is 42.3 Å². The number of alkyl halides is 3. The van der Waals surface area contributed by atoms with Gasteiger partial charge >= 0.3 is 12.2 Å². The van der Waals surface area contributed by atoms with Crippen molar-refractivity contribution in [1.29, 1.82) is 0 Å². The topological polar surface area (TPSA) is 73.8 Å². The molecule has 0 spiro atoms. The lowest BCUT2D eigenvalue weighted by atomic mass is 9.95. The van der Waals surface area contributed by atoms with Gasteiger partial charge in [0.2, 0.25) is 0 Å². The van der Waals surface area contributed by atoms with E-state index < -0.39 is 23.4 Å². The lowest BCUT2D eigenvalue weighted by Gasteiger charge is -2.28. The number of halogens is 5. The van der Waals surface area contributed by atoms with E-state index in [9.17, 15) is 23.1 Å². The normalized spacial score (nSPS) is 16.4. The quantitative estimate of drug-likeness (QED) is 0.554. The smallest absolute Gasteiger partial charge is 0.378 e. The fourth-order valence-corrected chi connectivity index (χ4v) is 3.71. The van der Waals surface area contributed by atoms with Gasteiger partial charge in [0.05, 0.1) is 28.9 Å². The van der Waals surface area contributed by atoms with Crippen molar-refractivity contribution in [2.45, 2.75) is 25.2 Å². The molecule has 1 saturated heterocycles. The van der Waals surface area contributed by atoms with Gasteiger partial charge in [0.25, 0.3) is 0 Å². The van der Waals surface area contributed by atoms with E-state index in [0.717, 1.165) is 36.5 Å². The van der Waals surface area contributed by atoms with E-state index in [1.54, 1.807) is 0 Å². The third kappa shape index (κ3) is 5.58. The number of amides is 2. The van der Waals surface area contributed by atoms with Crippen molar-refractivity contribution in [1.82, 2.24) is 5.32 Å². The van der Waals surface area contributed by atoms with E-state index in [0.29, 0.717) is 20.1 Å². The summed E-state index contributed by atoms with van der Waals surface area (Å²) in [6.45, 7) is 3.81. The number of morpholine rings is 1. The fraction of sp³-hybridized carbons (Fsp3) is 0.381. The second-order valence-corrected chi connectivity index (χ2v) is 8.27. The molecule has 32 heavy (non-hydrogen) atoms. The summed E-state index contributed by atoms with van der Waals surface area (Å²) in [5.74, 6) is 0. The molecule has 6 nitrogen and oxygen atoms in total. The van der Waals surface area contributed by atoms with E-state index >= 15 is 0 Å². The van der Waals surface area contributed by atoms with Crippen molar-refractivity contribution in [3.05, 3.63) is 57.6 Å². The molecule has 0 radical (unpaired) electrons. The maximum atomic E-state index is 13.1. The highest BCUT2D eigenvalue weighted by atomic mass is 35.5. The number of hydrogen-bond donors (Lipinski definition) is 3. The number of aliphatic hydroxyl groups is 1. The zero-order valence-corrected chi connectivity index (χ0v) is 18.6. The maximum absolute atomic E-state index is 13.1. The molecular formula is C21H22Cl2F3N3O3. The number of ether oxygens (including phenoxy) is 1. The Balaban J connectivity index is 1.61. The Bertz CT molecular complexity index is 940. The van der Waals surface area contributed by atoms with E-state index in [4.69, 9.17) is 27.9 Å². The number of hydrogen-bond acceptors (Lipinski definition) is 4. The average molecular weight is 492 g/mol. The molecule has 0 unspecified atom stereocenters. The van der Waals surface area contributed by atoms with Gasteiger partial charge < -0.3 is 25.4 Å². The molecule has 0 saturated carbocycles. The number of benzene rings is 2. The van der Waals surface area contributed by atoms with Gasteiger partial charge in [0.15, 0.2) is 5.60 Å². The molecule has 0 aliphatic carbocycles. The van der Waals surface area contributed by atoms with Crippen LogP contribution in [0.1, 0.15) is 18.1 Å². The Labute approximate surface area is 193 Å². The van der Waals surface area contributed by atoms with Crippen molar-refractivity contribution in [2.24, 2.45) is 0 Å². The number of urea groups is 1. The third-order valence-corrected chi connectivity index (χ3v) is 5.76. The van der Waals surface area contributed by atoms with Crippen molar-refractivity contribution in [3.63, 3.8) is 0 Å². The largest absolute Gasteiger partial charge is 0.421 e. The zero-order chi connectivity index (χ0) is 23.5. The zero-order valence-electron chi connectivity index (χ0n) is 17.1. The average Bonchev–Trinajstić information content (AvgIpc) is 2.75. The molecule has 0 aromatic heterocycles. The van der Waals surface area contributed by atoms with Crippen LogP contribution in [-0.4, -0.2) is 43.6 Å².